The third kappa shape index (κ3) is 11.0. The van der Waals surface area contributed by atoms with Crippen molar-refractivity contribution >= 4 is 16.7 Å². The summed E-state index contributed by atoms with van der Waals surface area (Å²) in [5.74, 6) is 1.71. The fourth-order valence-electron chi connectivity index (χ4n) is 5.03. The average molecular weight is 696 g/mol. The van der Waals surface area contributed by atoms with Gasteiger partial charge in [0.15, 0.2) is 0 Å². The molecule has 0 fully saturated rings. The van der Waals surface area contributed by atoms with Gasteiger partial charge in [-0.15, -0.1) is 5.69 Å². The number of hydrogen-bond acceptors (Lipinski definition) is 1. The fourth-order valence-corrected chi connectivity index (χ4v) is 5.03. The van der Waals surface area contributed by atoms with E-state index in [2.05, 4.69) is 152 Å². The number of aryl methyl sites for hydroxylation is 1. The molecule has 1 radical (unpaired) electrons. The molecule has 4 aromatic carbocycles. The van der Waals surface area contributed by atoms with E-state index < -0.39 is 0 Å². The quantitative estimate of drug-likeness (QED) is 0.167. The van der Waals surface area contributed by atoms with Crippen LogP contribution in [0.2, 0.25) is 0 Å². The van der Waals surface area contributed by atoms with Crippen LogP contribution in [-0.2, 0) is 33.3 Å². The predicted molar refractivity (Wildman–Crippen MR) is 198 cm³/mol. The molecule has 0 amide bonds. The van der Waals surface area contributed by atoms with Crippen LogP contribution in [0, 0.1) is 0 Å². The van der Waals surface area contributed by atoms with E-state index >= 15 is 0 Å². The van der Waals surface area contributed by atoms with Crippen LogP contribution in [0.3, 0.4) is 0 Å². The second-order valence-electron chi connectivity index (χ2n) is 11.4. The molecule has 0 saturated carbocycles. The van der Waals surface area contributed by atoms with Gasteiger partial charge in [-0.2, -0.15) is 42.3 Å². The van der Waals surface area contributed by atoms with Crippen LogP contribution in [0.4, 0.5) is 5.69 Å². The van der Waals surface area contributed by atoms with Crippen molar-refractivity contribution in [3.63, 3.8) is 0 Å². The maximum atomic E-state index is 5.52. The molecule has 1 aromatic heterocycles. The second kappa shape index (κ2) is 21.7. The van der Waals surface area contributed by atoms with E-state index in [9.17, 15) is 0 Å². The maximum absolute atomic E-state index is 5.52. The minimum Gasteiger partial charge on any atom is -0.671 e. The van der Waals surface area contributed by atoms with Crippen molar-refractivity contribution in [3.05, 3.63) is 141 Å². The van der Waals surface area contributed by atoms with Gasteiger partial charge in [-0.05, 0) is 29.5 Å². The molecule has 0 spiro atoms. The largest absolute Gasteiger partial charge is 3.00 e. The van der Waals surface area contributed by atoms with Crippen molar-refractivity contribution < 1.29 is 26.2 Å². The van der Waals surface area contributed by atoms with Gasteiger partial charge in [0.1, 0.15) is 0 Å². The van der Waals surface area contributed by atoms with E-state index in [4.69, 9.17) is 10.3 Å². The van der Waals surface area contributed by atoms with Crippen molar-refractivity contribution in [2.24, 2.45) is 7.05 Å². The van der Waals surface area contributed by atoms with Crippen LogP contribution in [0.15, 0.2) is 97.1 Å². The summed E-state index contributed by atoms with van der Waals surface area (Å²) < 4.78 is 2.22. The van der Waals surface area contributed by atoms with Crippen molar-refractivity contribution in [1.82, 2.24) is 9.55 Å². The van der Waals surface area contributed by atoms with Gasteiger partial charge in [0, 0.05) is 12.6 Å². The van der Waals surface area contributed by atoms with Gasteiger partial charge < -0.3 is 25.8 Å². The molecule has 0 aliphatic heterocycles. The number of imidazole rings is 1. The zero-order valence-electron chi connectivity index (χ0n) is 29.7. The van der Waals surface area contributed by atoms with Gasteiger partial charge in [0.05, 0.1) is 16.9 Å². The number of fused-ring (bicyclic) bond motifs is 1. The number of hydrogen-bond donors (Lipinski definition) is 0. The molecule has 1 unspecified atom stereocenters. The Labute approximate surface area is 297 Å². The van der Waals surface area contributed by atoms with Crippen molar-refractivity contribution in [2.75, 3.05) is 42.3 Å². The number of aromatic nitrogens is 2. The van der Waals surface area contributed by atoms with Crippen LogP contribution in [-0.4, -0.2) is 51.8 Å². The Morgan fingerprint density at radius 2 is 1.04 bits per heavy atom. The topological polar surface area (TPSA) is 74.2 Å². The van der Waals surface area contributed by atoms with Crippen LogP contribution in [0.25, 0.3) is 43.4 Å². The molecule has 1 heterocycles. The first kappa shape index (κ1) is 40.9. The third-order valence-corrected chi connectivity index (χ3v) is 6.99. The minimum absolute atomic E-state index is 0. The molecule has 1 atom stereocenters. The number of rotatable bonds is 7. The summed E-state index contributed by atoms with van der Waals surface area (Å²) >= 11 is 0. The molecule has 5 aromatic rings. The van der Waals surface area contributed by atoms with Gasteiger partial charge in [-0.3, -0.25) is 0 Å². The molecule has 0 N–H and O–H groups in total. The molecule has 243 valence electrons. The monoisotopic (exact) mass is 694 g/mol. The normalized spacial score (nSPS) is 10.9. The first-order valence-corrected chi connectivity index (χ1v) is 15.5. The van der Waals surface area contributed by atoms with Crippen LogP contribution < -0.4 is 0 Å². The van der Waals surface area contributed by atoms with Crippen LogP contribution >= 0.6 is 0 Å². The second-order valence-corrected chi connectivity index (χ2v) is 11.4. The molecule has 46 heavy (non-hydrogen) atoms. The summed E-state index contributed by atoms with van der Waals surface area (Å²) in [7, 11) is 12.6. The van der Waals surface area contributed by atoms with Gasteiger partial charge in [0.25, 0.3) is 0 Å². The van der Waals surface area contributed by atoms with Gasteiger partial charge >= 0.3 is 26.2 Å². The molecule has 0 bridgehead atoms. The van der Waals surface area contributed by atoms with Crippen molar-refractivity contribution in [2.45, 2.75) is 45.6 Å². The molecule has 7 heteroatoms. The van der Waals surface area contributed by atoms with Gasteiger partial charge in [0.2, 0.25) is 0 Å². The fraction of sp³-hybridized carbons (Fsp3) is 0.359. The Balaban J connectivity index is 0.000000952. The minimum atomic E-state index is -0.218. The molecule has 6 nitrogen and oxygen atoms in total. The Morgan fingerprint density at radius 1 is 0.587 bits per heavy atom. The zero-order valence-corrected chi connectivity index (χ0v) is 32.1. The van der Waals surface area contributed by atoms with Crippen molar-refractivity contribution in [3.8, 4) is 11.1 Å². The first-order valence-electron chi connectivity index (χ1n) is 15.5. The van der Waals surface area contributed by atoms with Gasteiger partial charge in [-0.25, -0.2) is 4.98 Å². The van der Waals surface area contributed by atoms with E-state index in [1.54, 1.807) is 42.3 Å². The summed E-state index contributed by atoms with van der Waals surface area (Å²) in [4.78, 5) is 5.28. The summed E-state index contributed by atoms with van der Waals surface area (Å²) in [6, 6.07) is 33.9. The van der Waals surface area contributed by atoms with E-state index in [-0.39, 0.29) is 32.2 Å². The number of benzene rings is 4. The summed E-state index contributed by atoms with van der Waals surface area (Å²) in [6.45, 7) is 8.99. The number of nitrogens with zero attached hydrogens (tertiary/aromatic N) is 6. The van der Waals surface area contributed by atoms with Crippen molar-refractivity contribution in [1.29, 1.82) is 0 Å². The van der Waals surface area contributed by atoms with E-state index in [0.717, 1.165) is 33.7 Å². The average Bonchev–Trinajstić information content (AvgIpc) is 3.37. The molecule has 5 rings (SSSR count). The summed E-state index contributed by atoms with van der Waals surface area (Å²) in [5.41, 5.74) is 9.26. The summed E-state index contributed by atoms with van der Waals surface area (Å²) in [5, 5.41) is 16.0. The SMILES string of the molecule is CC(C)c1cccc(C(C)C)c1[N-]C(c1ccccc1)c1nc2c(-c3ccccc3)cccc2n1C.C[N-]C.C[N-]C.C[N-]C.[Zr+3]. The molecule has 0 saturated heterocycles. The standard InChI is InChI=1S/C33H34N3.3C2H6N.Zr/c1-22(2)26-18-12-19-27(23(3)4)31(26)34-30(25-16-10-7-11-17-25)33-35-32-28(24-14-8-6-9-15-24)20-13-21-29(32)36(33)5;3*1-3-2;/h6-23,30H,1-5H3;3*1-2H3;/q4*-1;+3. The van der Waals surface area contributed by atoms with E-state index in [1.807, 2.05) is 0 Å². The predicted octanol–water partition coefficient (Wildman–Crippen LogP) is 11.1. The zero-order chi connectivity index (χ0) is 33.4. The molecule has 0 aliphatic rings. The molecular weight excluding hydrogens is 644 g/mol. The maximum Gasteiger partial charge on any atom is 3.00 e. The van der Waals surface area contributed by atoms with Crippen LogP contribution in [0.1, 0.15) is 68.1 Å². The third-order valence-electron chi connectivity index (χ3n) is 6.99. The Morgan fingerprint density at radius 3 is 1.52 bits per heavy atom. The summed E-state index contributed by atoms with van der Waals surface area (Å²) in [6.07, 6.45) is 0. The van der Waals surface area contributed by atoms with E-state index in [1.165, 1.54) is 16.7 Å². The first-order chi connectivity index (χ1) is 21.7. The molecular formula is C39H52N6Zr-. The number of para-hydroxylation sites is 2. The Hall–Kier alpha value is -3.09. The van der Waals surface area contributed by atoms with Crippen LogP contribution in [0.5, 0.6) is 0 Å². The Bertz CT molecular complexity index is 1500. The smallest absolute Gasteiger partial charge is 0.671 e. The molecule has 0 aliphatic carbocycles. The van der Waals surface area contributed by atoms with Gasteiger partial charge in [-0.1, -0.05) is 135 Å². The van der Waals surface area contributed by atoms with E-state index in [0.29, 0.717) is 11.8 Å². The Kier molecular flexibility index (Phi) is 19.3.